The van der Waals surface area contributed by atoms with Gasteiger partial charge in [0.2, 0.25) is 0 Å². The van der Waals surface area contributed by atoms with Gasteiger partial charge in [0.1, 0.15) is 0 Å². The number of esters is 1. The summed E-state index contributed by atoms with van der Waals surface area (Å²) in [6.45, 7) is 4.07. The van der Waals surface area contributed by atoms with E-state index in [9.17, 15) is 4.79 Å². The predicted octanol–water partition coefficient (Wildman–Crippen LogP) is 1.67. The third-order valence-electron chi connectivity index (χ3n) is 2.39. The van der Waals surface area contributed by atoms with Gasteiger partial charge in [0.05, 0.1) is 12.7 Å². The molecule has 3 nitrogen and oxygen atoms in total. The van der Waals surface area contributed by atoms with Crippen LogP contribution in [-0.2, 0) is 14.3 Å². The summed E-state index contributed by atoms with van der Waals surface area (Å²) in [4.78, 5) is 11.3. The molecule has 0 atom stereocenters. The van der Waals surface area contributed by atoms with E-state index in [0.717, 1.165) is 18.4 Å². The highest BCUT2D eigenvalue weighted by molar-refractivity contribution is 5.89. The van der Waals surface area contributed by atoms with Crippen molar-refractivity contribution < 1.29 is 14.3 Å². The van der Waals surface area contributed by atoms with E-state index in [4.69, 9.17) is 9.47 Å². The topological polar surface area (TPSA) is 35.5 Å². The fraction of sp³-hybridized carbons (Fsp3) is 0.700. The zero-order chi connectivity index (χ0) is 9.84. The minimum absolute atomic E-state index is 0.188. The van der Waals surface area contributed by atoms with Crippen molar-refractivity contribution in [2.24, 2.45) is 0 Å². The Morgan fingerprint density at radius 2 is 2.15 bits per heavy atom. The van der Waals surface area contributed by atoms with Crippen molar-refractivity contribution in [1.82, 2.24) is 0 Å². The Morgan fingerprint density at radius 1 is 1.54 bits per heavy atom. The molecule has 0 saturated heterocycles. The highest BCUT2D eigenvalue weighted by Gasteiger charge is 2.26. The summed E-state index contributed by atoms with van der Waals surface area (Å²) < 4.78 is 10.0. The molecule has 0 amide bonds. The zero-order valence-corrected chi connectivity index (χ0v) is 8.42. The quantitative estimate of drug-likeness (QED) is 0.494. The van der Waals surface area contributed by atoms with Crippen LogP contribution >= 0.6 is 0 Å². The van der Waals surface area contributed by atoms with Crippen LogP contribution in [0.1, 0.15) is 26.7 Å². The average Bonchev–Trinajstić information content (AvgIpc) is 2.02. The third kappa shape index (κ3) is 2.31. The largest absolute Gasteiger partial charge is 0.463 e. The van der Waals surface area contributed by atoms with Crippen LogP contribution in [0.3, 0.4) is 0 Å². The Morgan fingerprint density at radius 3 is 2.62 bits per heavy atom. The lowest BCUT2D eigenvalue weighted by atomic mass is 9.85. The summed E-state index contributed by atoms with van der Waals surface area (Å²) in [6.07, 6.45) is 2.06. The third-order valence-corrected chi connectivity index (χ3v) is 2.39. The molecule has 3 heteroatoms. The summed E-state index contributed by atoms with van der Waals surface area (Å²) in [5.74, 6) is -0.188. The molecule has 13 heavy (non-hydrogen) atoms. The molecule has 0 N–H and O–H groups in total. The van der Waals surface area contributed by atoms with Crippen LogP contribution < -0.4 is 0 Å². The molecule has 0 heterocycles. The molecule has 0 unspecified atom stereocenters. The average molecular weight is 184 g/mol. The molecule has 0 aliphatic heterocycles. The van der Waals surface area contributed by atoms with Crippen LogP contribution in [-0.4, -0.2) is 25.8 Å². The first kappa shape index (κ1) is 10.3. The molecule has 74 valence electrons. The SMILES string of the molecule is CCOC(=O)C(C)=C1CC(OC)C1. The maximum absolute atomic E-state index is 11.3. The number of hydrogen-bond acceptors (Lipinski definition) is 3. The Bertz CT molecular complexity index is 222. The second-order valence-corrected chi connectivity index (χ2v) is 3.21. The monoisotopic (exact) mass is 184 g/mol. The maximum atomic E-state index is 11.3. The van der Waals surface area contributed by atoms with Crippen LogP contribution in [0.25, 0.3) is 0 Å². The van der Waals surface area contributed by atoms with Crippen molar-refractivity contribution in [3.8, 4) is 0 Å². The number of carbonyl (C=O) groups excluding carboxylic acids is 1. The van der Waals surface area contributed by atoms with Gasteiger partial charge in [-0.1, -0.05) is 5.57 Å². The molecule has 0 radical (unpaired) electrons. The number of rotatable bonds is 3. The molecule has 1 fully saturated rings. The first-order valence-corrected chi connectivity index (χ1v) is 4.57. The van der Waals surface area contributed by atoms with E-state index < -0.39 is 0 Å². The first-order chi connectivity index (χ1) is 6.19. The Balaban J connectivity index is 2.47. The summed E-state index contributed by atoms with van der Waals surface area (Å²) >= 11 is 0. The summed E-state index contributed by atoms with van der Waals surface area (Å²) in [7, 11) is 1.70. The molecule has 0 aromatic carbocycles. The van der Waals surface area contributed by atoms with Crippen LogP contribution in [0.15, 0.2) is 11.1 Å². The van der Waals surface area contributed by atoms with E-state index in [0.29, 0.717) is 12.7 Å². The second kappa shape index (κ2) is 4.42. The van der Waals surface area contributed by atoms with Gasteiger partial charge in [-0.15, -0.1) is 0 Å². The highest BCUT2D eigenvalue weighted by atomic mass is 16.5. The molecular formula is C10H16O3. The van der Waals surface area contributed by atoms with Gasteiger partial charge in [-0.3, -0.25) is 0 Å². The Labute approximate surface area is 78.7 Å². The van der Waals surface area contributed by atoms with Gasteiger partial charge in [-0.25, -0.2) is 4.79 Å². The molecule has 0 bridgehead atoms. The lowest BCUT2D eigenvalue weighted by Crippen LogP contribution is -2.25. The Hall–Kier alpha value is -0.830. The van der Waals surface area contributed by atoms with E-state index in [2.05, 4.69) is 0 Å². The lowest BCUT2D eigenvalue weighted by Gasteiger charge is -2.29. The van der Waals surface area contributed by atoms with Crippen LogP contribution in [0, 0.1) is 0 Å². The number of carbonyl (C=O) groups is 1. The van der Waals surface area contributed by atoms with Crippen molar-refractivity contribution in [1.29, 1.82) is 0 Å². The summed E-state index contributed by atoms with van der Waals surface area (Å²) in [5, 5.41) is 0. The fourth-order valence-electron chi connectivity index (χ4n) is 1.35. The van der Waals surface area contributed by atoms with Gasteiger partial charge >= 0.3 is 5.97 Å². The number of hydrogen-bond donors (Lipinski definition) is 0. The zero-order valence-electron chi connectivity index (χ0n) is 8.42. The van der Waals surface area contributed by atoms with E-state index in [1.165, 1.54) is 5.57 Å². The smallest absolute Gasteiger partial charge is 0.333 e. The van der Waals surface area contributed by atoms with Gasteiger partial charge in [0.25, 0.3) is 0 Å². The van der Waals surface area contributed by atoms with E-state index in [-0.39, 0.29) is 5.97 Å². The van der Waals surface area contributed by atoms with Gasteiger partial charge < -0.3 is 9.47 Å². The lowest BCUT2D eigenvalue weighted by molar-refractivity contribution is -0.138. The number of ether oxygens (including phenoxy) is 2. The molecule has 0 aromatic heterocycles. The van der Waals surface area contributed by atoms with Crippen molar-refractivity contribution in [2.75, 3.05) is 13.7 Å². The molecule has 1 rings (SSSR count). The normalized spacial score (nSPS) is 20.8. The molecule has 0 spiro atoms. The standard InChI is InChI=1S/C10H16O3/c1-4-13-10(11)7(2)8-5-9(6-8)12-3/h9H,4-6H2,1-3H3. The number of methoxy groups -OCH3 is 1. The maximum Gasteiger partial charge on any atom is 0.333 e. The summed E-state index contributed by atoms with van der Waals surface area (Å²) in [6, 6.07) is 0. The minimum Gasteiger partial charge on any atom is -0.463 e. The fourth-order valence-corrected chi connectivity index (χ4v) is 1.35. The van der Waals surface area contributed by atoms with Crippen LogP contribution in [0.4, 0.5) is 0 Å². The molecule has 0 aromatic rings. The molecule has 1 aliphatic carbocycles. The van der Waals surface area contributed by atoms with Crippen molar-refractivity contribution in [3.05, 3.63) is 11.1 Å². The van der Waals surface area contributed by atoms with Gasteiger partial charge in [-0.2, -0.15) is 0 Å². The van der Waals surface area contributed by atoms with E-state index in [1.807, 2.05) is 13.8 Å². The van der Waals surface area contributed by atoms with Crippen molar-refractivity contribution >= 4 is 5.97 Å². The molecular weight excluding hydrogens is 168 g/mol. The van der Waals surface area contributed by atoms with Gasteiger partial charge in [0.15, 0.2) is 0 Å². The van der Waals surface area contributed by atoms with Crippen molar-refractivity contribution in [2.45, 2.75) is 32.8 Å². The first-order valence-electron chi connectivity index (χ1n) is 4.57. The van der Waals surface area contributed by atoms with E-state index >= 15 is 0 Å². The molecule has 1 saturated carbocycles. The summed E-state index contributed by atoms with van der Waals surface area (Å²) in [5.41, 5.74) is 1.93. The second-order valence-electron chi connectivity index (χ2n) is 3.21. The van der Waals surface area contributed by atoms with Crippen LogP contribution in [0.2, 0.25) is 0 Å². The predicted molar refractivity (Wildman–Crippen MR) is 49.4 cm³/mol. The van der Waals surface area contributed by atoms with Crippen LogP contribution in [0.5, 0.6) is 0 Å². The molecule has 1 aliphatic rings. The highest BCUT2D eigenvalue weighted by Crippen LogP contribution is 2.31. The Kier molecular flexibility index (Phi) is 3.48. The van der Waals surface area contributed by atoms with E-state index in [1.54, 1.807) is 7.11 Å². The van der Waals surface area contributed by atoms with Crippen molar-refractivity contribution in [3.63, 3.8) is 0 Å². The minimum atomic E-state index is -0.188. The van der Waals surface area contributed by atoms with Gasteiger partial charge in [-0.05, 0) is 26.7 Å². The van der Waals surface area contributed by atoms with Gasteiger partial charge in [0, 0.05) is 12.7 Å².